The molecule has 0 amide bonds. The van der Waals surface area contributed by atoms with Crippen molar-refractivity contribution >= 4 is 11.0 Å². The second-order valence-electron chi connectivity index (χ2n) is 0. The topological polar surface area (TPSA) is 57.0 Å². The van der Waals surface area contributed by atoms with Crippen molar-refractivity contribution in [1.29, 1.82) is 0 Å². The van der Waals surface area contributed by atoms with Gasteiger partial charge < -0.3 is 11.0 Å². The van der Waals surface area contributed by atoms with Crippen molar-refractivity contribution < 1.29 is 29.5 Å². The molecule has 0 saturated carbocycles. The predicted molar refractivity (Wildman–Crippen MR) is 7.13 cm³/mol. The van der Waals surface area contributed by atoms with Crippen LogP contribution in [0.1, 0.15) is 0 Å². The molecule has 1 radical (unpaired) electrons. The molecular formula is O2SiV. The smallest absolute Gasteiger partial charge is 2.00 e. The second-order valence-corrected chi connectivity index (χ2v) is 0. The standard InChI is InChI=1S/2O.Si.V/q2*-2;+4;. The van der Waals surface area contributed by atoms with Gasteiger partial charge in [0.25, 0.3) is 0 Å². The molecule has 0 aliphatic heterocycles. The van der Waals surface area contributed by atoms with Crippen LogP contribution in [0.5, 0.6) is 0 Å². The molecule has 4 heavy (non-hydrogen) atoms. The molecule has 21 valence electrons. The van der Waals surface area contributed by atoms with Gasteiger partial charge in [0, 0.05) is 18.6 Å². The van der Waals surface area contributed by atoms with Crippen molar-refractivity contribution in [3.8, 4) is 0 Å². The average molecular weight is 111 g/mol. The molecule has 0 aromatic heterocycles. The summed E-state index contributed by atoms with van der Waals surface area (Å²) in [6.07, 6.45) is 0. The Hall–Kier alpha value is 0.721. The van der Waals surface area contributed by atoms with Crippen LogP contribution in [0, 0.1) is 0 Å². The fraction of sp³-hybridized carbons (Fsp3) is 0. The van der Waals surface area contributed by atoms with E-state index in [0.29, 0.717) is 0 Å². The van der Waals surface area contributed by atoms with Crippen molar-refractivity contribution in [2.45, 2.75) is 0 Å². The van der Waals surface area contributed by atoms with E-state index >= 15 is 0 Å². The molecule has 0 aliphatic carbocycles. The molecule has 0 N–H and O–H groups in total. The molecule has 2 nitrogen and oxygen atoms in total. The van der Waals surface area contributed by atoms with E-state index in [2.05, 4.69) is 0 Å². The maximum Gasteiger partial charge on any atom is 4.00 e. The van der Waals surface area contributed by atoms with E-state index < -0.39 is 0 Å². The van der Waals surface area contributed by atoms with Crippen LogP contribution in [-0.2, 0) is 29.5 Å². The Labute approximate surface area is 41.1 Å². The summed E-state index contributed by atoms with van der Waals surface area (Å²) >= 11 is 0. The molecule has 0 bridgehead atoms. The quantitative estimate of drug-likeness (QED) is 0.374. The molecule has 0 atom stereocenters. The third kappa shape index (κ3) is 15.5. The Morgan fingerprint density at radius 3 is 0.750 bits per heavy atom. The van der Waals surface area contributed by atoms with E-state index in [-0.39, 0.29) is 40.5 Å². The summed E-state index contributed by atoms with van der Waals surface area (Å²) in [4.78, 5) is 0. The summed E-state index contributed by atoms with van der Waals surface area (Å²) < 4.78 is 0. The Morgan fingerprint density at radius 2 is 0.750 bits per heavy atom. The molecule has 0 rings (SSSR count). The maximum absolute atomic E-state index is 0. The van der Waals surface area contributed by atoms with Crippen molar-refractivity contribution in [2.75, 3.05) is 0 Å². The van der Waals surface area contributed by atoms with Gasteiger partial charge in [-0.25, -0.2) is 0 Å². The van der Waals surface area contributed by atoms with Gasteiger partial charge in [-0.05, 0) is 0 Å². The number of hydrogen-bond donors (Lipinski definition) is 0. The van der Waals surface area contributed by atoms with Gasteiger partial charge in [-0.1, -0.05) is 0 Å². The van der Waals surface area contributed by atoms with Gasteiger partial charge in [-0.15, -0.1) is 0 Å². The minimum atomic E-state index is 0. The van der Waals surface area contributed by atoms with E-state index in [1.54, 1.807) is 0 Å². The van der Waals surface area contributed by atoms with E-state index in [1.807, 2.05) is 0 Å². The van der Waals surface area contributed by atoms with Gasteiger partial charge >= 0.3 is 11.0 Å². The number of hydrogen-bond acceptors (Lipinski definition) is 0. The van der Waals surface area contributed by atoms with Crippen molar-refractivity contribution in [1.82, 2.24) is 0 Å². The number of rotatable bonds is 0. The van der Waals surface area contributed by atoms with Crippen LogP contribution in [0.15, 0.2) is 0 Å². The molecule has 0 unspecified atom stereocenters. The van der Waals surface area contributed by atoms with E-state index in [9.17, 15) is 0 Å². The first-order chi connectivity index (χ1) is 0. The molecule has 0 heterocycles. The molecular weight excluding hydrogens is 111 g/mol. The van der Waals surface area contributed by atoms with E-state index in [0.717, 1.165) is 0 Å². The summed E-state index contributed by atoms with van der Waals surface area (Å²) in [6, 6.07) is 0. The van der Waals surface area contributed by atoms with Gasteiger partial charge in [-0.2, -0.15) is 0 Å². The Bertz CT molecular complexity index is 6.00. The van der Waals surface area contributed by atoms with E-state index in [4.69, 9.17) is 0 Å². The van der Waals surface area contributed by atoms with E-state index in [1.165, 1.54) is 0 Å². The van der Waals surface area contributed by atoms with Crippen molar-refractivity contribution in [3.05, 3.63) is 0 Å². The molecule has 0 aromatic carbocycles. The van der Waals surface area contributed by atoms with Crippen LogP contribution >= 0.6 is 0 Å². The van der Waals surface area contributed by atoms with Crippen LogP contribution in [0.2, 0.25) is 0 Å². The summed E-state index contributed by atoms with van der Waals surface area (Å²) in [5.41, 5.74) is 0. The van der Waals surface area contributed by atoms with Gasteiger partial charge in [0.15, 0.2) is 0 Å². The molecule has 0 saturated heterocycles. The largest absolute Gasteiger partial charge is 4.00 e. The molecule has 4 heteroatoms. The van der Waals surface area contributed by atoms with Crippen LogP contribution in [0.3, 0.4) is 0 Å². The minimum absolute atomic E-state index is 0. The fourth-order valence-electron chi connectivity index (χ4n) is 0. The zero-order chi connectivity index (χ0) is 0. The summed E-state index contributed by atoms with van der Waals surface area (Å²) in [6.45, 7) is 0. The average Bonchev–Trinajstić information content (AvgIpc) is 0. The third-order valence-electron chi connectivity index (χ3n) is 0. The van der Waals surface area contributed by atoms with Gasteiger partial charge in [0.2, 0.25) is 0 Å². The summed E-state index contributed by atoms with van der Waals surface area (Å²) in [7, 11) is 0. The zero-order valence-electron chi connectivity index (χ0n) is 1.76. The molecule has 0 aliphatic rings. The molecule has 0 spiro atoms. The first-order valence-corrected chi connectivity index (χ1v) is 0. The minimum Gasteiger partial charge on any atom is -2.00 e. The Balaban J connectivity index is 0. The van der Waals surface area contributed by atoms with Crippen LogP contribution in [0.4, 0.5) is 0 Å². The van der Waals surface area contributed by atoms with Gasteiger partial charge in [-0.3, -0.25) is 0 Å². The monoisotopic (exact) mass is 111 g/mol. The second kappa shape index (κ2) is 53.0. The zero-order valence-corrected chi connectivity index (χ0v) is 4.16. The van der Waals surface area contributed by atoms with Crippen molar-refractivity contribution in [3.63, 3.8) is 0 Å². The summed E-state index contributed by atoms with van der Waals surface area (Å²) in [5, 5.41) is 0. The van der Waals surface area contributed by atoms with Crippen LogP contribution < -0.4 is 0 Å². The summed E-state index contributed by atoms with van der Waals surface area (Å²) in [5.74, 6) is 0. The predicted octanol–water partition coefficient (Wildman–Crippen LogP) is -0.621. The van der Waals surface area contributed by atoms with Crippen LogP contribution in [0.25, 0.3) is 0 Å². The fourth-order valence-corrected chi connectivity index (χ4v) is 0. The first kappa shape index (κ1) is 126. The Morgan fingerprint density at radius 1 is 0.750 bits per heavy atom. The molecule has 0 aromatic rings. The maximum atomic E-state index is 0. The first-order valence-electron chi connectivity index (χ1n) is 0. The normalized spacial score (nSPS) is 0. The molecule has 0 fully saturated rings. The van der Waals surface area contributed by atoms with Crippen molar-refractivity contribution in [2.24, 2.45) is 0 Å². The van der Waals surface area contributed by atoms with Gasteiger partial charge in [0.1, 0.15) is 0 Å². The van der Waals surface area contributed by atoms with Crippen LogP contribution in [-0.4, -0.2) is 11.0 Å². The Kier molecular flexibility index (Phi) is 1660. The van der Waals surface area contributed by atoms with Gasteiger partial charge in [0.05, 0.1) is 0 Å². The third-order valence-corrected chi connectivity index (χ3v) is 0. The SMILES string of the molecule is [O-2].[O-2].[Si+4].[V].